The Morgan fingerprint density at radius 3 is 2.56 bits per heavy atom. The molecule has 2 aromatic carbocycles. The molecular formula is C24H25N5O3. The summed E-state index contributed by atoms with van der Waals surface area (Å²) in [5.41, 5.74) is 3.74. The highest BCUT2D eigenvalue weighted by atomic mass is 16.7. The molecule has 0 unspecified atom stereocenters. The highest BCUT2D eigenvalue weighted by molar-refractivity contribution is 5.94. The summed E-state index contributed by atoms with van der Waals surface area (Å²) in [5, 5.41) is 10.2. The maximum absolute atomic E-state index is 5.93. The predicted octanol–water partition coefficient (Wildman–Crippen LogP) is 3.60. The minimum absolute atomic E-state index is 0.442. The van der Waals surface area contributed by atoms with Crippen molar-refractivity contribution in [2.24, 2.45) is 0 Å². The zero-order valence-electron chi connectivity index (χ0n) is 18.2. The molecule has 0 atom stereocenters. The lowest BCUT2D eigenvalue weighted by molar-refractivity contribution is -0.169. The molecule has 2 aromatic heterocycles. The Hall–Kier alpha value is -3.23. The molecule has 2 aliphatic heterocycles. The molecule has 0 N–H and O–H groups in total. The molecule has 0 radical (unpaired) electrons. The molecule has 8 nitrogen and oxygen atoms in total. The predicted molar refractivity (Wildman–Crippen MR) is 121 cm³/mol. The third-order valence-electron chi connectivity index (χ3n) is 6.45. The van der Waals surface area contributed by atoms with Gasteiger partial charge in [0.05, 0.1) is 31.4 Å². The van der Waals surface area contributed by atoms with Crippen LogP contribution < -0.4 is 9.64 Å². The van der Waals surface area contributed by atoms with E-state index in [1.807, 2.05) is 24.3 Å². The maximum Gasteiger partial charge on any atom is 0.213 e. The molecule has 2 aliphatic rings. The number of hydrogen-bond donors (Lipinski definition) is 0. The van der Waals surface area contributed by atoms with E-state index in [0.717, 1.165) is 71.1 Å². The largest absolute Gasteiger partial charge is 0.496 e. The second-order valence-corrected chi connectivity index (χ2v) is 8.41. The zero-order chi connectivity index (χ0) is 21.7. The normalized spacial score (nSPS) is 18.1. The Bertz CT molecular complexity index is 1300. The van der Waals surface area contributed by atoms with Crippen LogP contribution in [0.1, 0.15) is 18.4 Å². The van der Waals surface area contributed by atoms with Crippen molar-refractivity contribution in [2.45, 2.75) is 25.6 Å². The molecule has 0 bridgehead atoms. The van der Waals surface area contributed by atoms with Gasteiger partial charge >= 0.3 is 0 Å². The Morgan fingerprint density at radius 2 is 1.78 bits per heavy atom. The number of aromatic nitrogens is 4. The average Bonchev–Trinajstić information content (AvgIpc) is 3.47. The van der Waals surface area contributed by atoms with E-state index in [1.165, 1.54) is 0 Å². The second kappa shape index (κ2) is 7.43. The smallest absolute Gasteiger partial charge is 0.213 e. The fourth-order valence-corrected chi connectivity index (χ4v) is 4.78. The maximum atomic E-state index is 5.93. The number of nitrogens with zero attached hydrogens (tertiary/aromatic N) is 5. The number of anilines is 1. The van der Waals surface area contributed by atoms with Gasteiger partial charge in [0.1, 0.15) is 5.75 Å². The fraction of sp³-hybridized carbons (Fsp3) is 0.375. The van der Waals surface area contributed by atoms with E-state index in [9.17, 15) is 0 Å². The Morgan fingerprint density at radius 1 is 1.00 bits per heavy atom. The Kier molecular flexibility index (Phi) is 4.51. The highest BCUT2D eigenvalue weighted by Crippen LogP contribution is 2.36. The van der Waals surface area contributed by atoms with Gasteiger partial charge in [0.15, 0.2) is 17.3 Å². The molecule has 0 aliphatic carbocycles. The first-order valence-electron chi connectivity index (χ1n) is 11.0. The second-order valence-electron chi connectivity index (χ2n) is 8.41. The number of hydrogen-bond acceptors (Lipinski definition) is 7. The molecule has 1 spiro atoms. The van der Waals surface area contributed by atoms with Crippen LogP contribution in [0.15, 0.2) is 42.5 Å². The van der Waals surface area contributed by atoms with Crippen molar-refractivity contribution in [3.05, 3.63) is 48.0 Å². The van der Waals surface area contributed by atoms with Crippen molar-refractivity contribution < 1.29 is 14.2 Å². The topological polar surface area (TPSA) is 74.0 Å². The van der Waals surface area contributed by atoms with Gasteiger partial charge in [0, 0.05) is 31.3 Å². The molecular weight excluding hydrogens is 406 g/mol. The summed E-state index contributed by atoms with van der Waals surface area (Å²) in [7, 11) is 1.67. The van der Waals surface area contributed by atoms with E-state index in [0.29, 0.717) is 13.2 Å². The van der Waals surface area contributed by atoms with Crippen LogP contribution in [0.4, 0.5) is 5.95 Å². The average molecular weight is 431 g/mol. The summed E-state index contributed by atoms with van der Waals surface area (Å²) in [6.45, 7) is 4.97. The monoisotopic (exact) mass is 431 g/mol. The molecule has 4 aromatic rings. The number of benzene rings is 2. The van der Waals surface area contributed by atoms with E-state index in [1.54, 1.807) is 7.11 Å². The molecule has 32 heavy (non-hydrogen) atoms. The minimum atomic E-state index is -0.442. The number of para-hydroxylation sites is 1. The van der Waals surface area contributed by atoms with Gasteiger partial charge in [0.2, 0.25) is 5.95 Å². The van der Waals surface area contributed by atoms with Crippen molar-refractivity contribution in [1.82, 2.24) is 19.6 Å². The van der Waals surface area contributed by atoms with Crippen LogP contribution in [-0.4, -0.2) is 58.8 Å². The standard InChI is InChI=1S/C24H25N5O3/c1-16-7-8-19-18(15-16)22-27-26-21(17-5-3-4-6-20(17)30-2)29(22)23(25-19)28-11-9-24(10-12-28)31-13-14-32-24/h3-8,15H,9-14H2,1-2H3. The quantitative estimate of drug-likeness (QED) is 0.491. The molecule has 2 fully saturated rings. The van der Waals surface area contributed by atoms with Gasteiger partial charge in [0.25, 0.3) is 0 Å². The SMILES string of the molecule is COc1ccccc1-c1nnc2c3cc(C)ccc3nc(N3CCC4(CC3)OCCO4)n12. The summed E-state index contributed by atoms with van der Waals surface area (Å²) in [6, 6.07) is 14.1. The van der Waals surface area contributed by atoms with Crippen LogP contribution in [0.2, 0.25) is 0 Å². The third kappa shape index (κ3) is 3.02. The molecule has 2 saturated heterocycles. The molecule has 0 amide bonds. The lowest BCUT2D eigenvalue weighted by Gasteiger charge is -2.38. The van der Waals surface area contributed by atoms with E-state index < -0.39 is 5.79 Å². The summed E-state index contributed by atoms with van der Waals surface area (Å²) in [5.74, 6) is 1.86. The first-order chi connectivity index (χ1) is 15.7. The van der Waals surface area contributed by atoms with Gasteiger partial charge in [-0.25, -0.2) is 9.38 Å². The Balaban J connectivity index is 1.54. The van der Waals surface area contributed by atoms with Gasteiger partial charge in [-0.2, -0.15) is 0 Å². The van der Waals surface area contributed by atoms with Crippen molar-refractivity contribution in [2.75, 3.05) is 38.3 Å². The first kappa shape index (κ1) is 19.5. The van der Waals surface area contributed by atoms with Gasteiger partial charge < -0.3 is 19.1 Å². The van der Waals surface area contributed by atoms with E-state index in [4.69, 9.17) is 19.2 Å². The number of ether oxygens (including phenoxy) is 3. The number of methoxy groups -OCH3 is 1. The van der Waals surface area contributed by atoms with Crippen LogP contribution >= 0.6 is 0 Å². The van der Waals surface area contributed by atoms with E-state index >= 15 is 0 Å². The third-order valence-corrected chi connectivity index (χ3v) is 6.45. The zero-order valence-corrected chi connectivity index (χ0v) is 18.2. The van der Waals surface area contributed by atoms with Crippen LogP contribution in [0, 0.1) is 6.92 Å². The van der Waals surface area contributed by atoms with E-state index in [-0.39, 0.29) is 0 Å². The van der Waals surface area contributed by atoms with Gasteiger partial charge in [-0.15, -0.1) is 10.2 Å². The summed E-state index contributed by atoms with van der Waals surface area (Å²) in [4.78, 5) is 7.37. The number of aryl methyl sites for hydroxylation is 1. The summed E-state index contributed by atoms with van der Waals surface area (Å²) < 4.78 is 19.5. The number of rotatable bonds is 3. The van der Waals surface area contributed by atoms with Gasteiger partial charge in [-0.05, 0) is 31.2 Å². The van der Waals surface area contributed by atoms with Crippen molar-refractivity contribution in [1.29, 1.82) is 0 Å². The van der Waals surface area contributed by atoms with Crippen LogP contribution in [0.25, 0.3) is 27.9 Å². The first-order valence-corrected chi connectivity index (χ1v) is 11.0. The van der Waals surface area contributed by atoms with Crippen molar-refractivity contribution in [3.8, 4) is 17.1 Å². The van der Waals surface area contributed by atoms with Crippen molar-refractivity contribution >= 4 is 22.5 Å². The lowest BCUT2D eigenvalue weighted by Crippen LogP contribution is -2.46. The van der Waals surface area contributed by atoms with Gasteiger partial charge in [-0.1, -0.05) is 23.8 Å². The molecule has 0 saturated carbocycles. The minimum Gasteiger partial charge on any atom is -0.496 e. The summed E-state index contributed by atoms with van der Waals surface area (Å²) in [6.07, 6.45) is 1.60. The Labute approximate surface area is 185 Å². The van der Waals surface area contributed by atoms with Crippen LogP contribution in [0.3, 0.4) is 0 Å². The lowest BCUT2D eigenvalue weighted by atomic mass is 10.0. The van der Waals surface area contributed by atoms with Crippen LogP contribution in [-0.2, 0) is 9.47 Å². The molecule has 8 heteroatoms. The molecule has 164 valence electrons. The van der Waals surface area contributed by atoms with Crippen LogP contribution in [0.5, 0.6) is 5.75 Å². The number of fused-ring (bicyclic) bond motifs is 3. The van der Waals surface area contributed by atoms with Gasteiger partial charge in [-0.3, -0.25) is 0 Å². The molecule has 4 heterocycles. The number of piperidine rings is 1. The summed E-state index contributed by atoms with van der Waals surface area (Å²) >= 11 is 0. The molecule has 6 rings (SSSR count). The fourth-order valence-electron chi connectivity index (χ4n) is 4.78. The van der Waals surface area contributed by atoms with E-state index in [2.05, 4.69) is 44.6 Å². The van der Waals surface area contributed by atoms with Crippen molar-refractivity contribution in [3.63, 3.8) is 0 Å². The highest BCUT2D eigenvalue weighted by Gasteiger charge is 2.40.